The van der Waals surface area contributed by atoms with Gasteiger partial charge in [-0.15, -0.1) is 11.6 Å². The molecule has 1 nitrogen and oxygen atoms in total. The van der Waals surface area contributed by atoms with Crippen molar-refractivity contribution in [2.75, 3.05) is 12.4 Å². The van der Waals surface area contributed by atoms with Crippen molar-refractivity contribution >= 4 is 11.6 Å². The highest BCUT2D eigenvalue weighted by molar-refractivity contribution is 6.18. The van der Waals surface area contributed by atoms with E-state index < -0.39 is 0 Å². The van der Waals surface area contributed by atoms with Crippen LogP contribution in [0.15, 0.2) is 24.3 Å². The van der Waals surface area contributed by atoms with E-state index in [0.717, 1.165) is 18.5 Å². The van der Waals surface area contributed by atoms with Gasteiger partial charge >= 0.3 is 0 Å². The number of nitrogens with zero attached hydrogens (tertiary/aromatic N) is 1. The smallest absolute Gasteiger partial charge is 0.127 e. The number of rotatable bonds is 3. The Labute approximate surface area is 94.8 Å². The lowest BCUT2D eigenvalue weighted by Gasteiger charge is -2.22. The number of alkyl halides is 1. The summed E-state index contributed by atoms with van der Waals surface area (Å²) >= 11 is 5.87. The Kier molecular flexibility index (Phi) is 3.60. The topological polar surface area (TPSA) is 3.24 Å². The van der Waals surface area contributed by atoms with Crippen molar-refractivity contribution in [3.63, 3.8) is 0 Å². The molecule has 0 N–H and O–H groups in total. The predicted octanol–water partition coefficient (Wildman–Crippen LogP) is 3.03. The van der Waals surface area contributed by atoms with Gasteiger partial charge < -0.3 is 0 Å². The van der Waals surface area contributed by atoms with Crippen molar-refractivity contribution in [1.29, 1.82) is 0 Å². The zero-order chi connectivity index (χ0) is 10.7. The average Bonchev–Trinajstić information content (AvgIpc) is 2.69. The summed E-state index contributed by atoms with van der Waals surface area (Å²) in [6.45, 7) is 1.72. The van der Waals surface area contributed by atoms with E-state index >= 15 is 0 Å². The molecule has 3 heteroatoms. The molecule has 1 atom stereocenters. The van der Waals surface area contributed by atoms with Crippen LogP contribution in [0.4, 0.5) is 4.39 Å². The Morgan fingerprint density at radius 3 is 2.93 bits per heavy atom. The van der Waals surface area contributed by atoms with Crippen LogP contribution in [-0.2, 0) is 6.54 Å². The Bertz CT molecular complexity index is 329. The van der Waals surface area contributed by atoms with Gasteiger partial charge in [0.15, 0.2) is 0 Å². The molecule has 0 spiro atoms. The molecule has 1 aromatic carbocycles. The van der Waals surface area contributed by atoms with Gasteiger partial charge in [0.2, 0.25) is 0 Å². The maximum Gasteiger partial charge on any atom is 0.127 e. The van der Waals surface area contributed by atoms with Crippen LogP contribution in [0.2, 0.25) is 0 Å². The quantitative estimate of drug-likeness (QED) is 0.718. The number of hydrogen-bond acceptors (Lipinski definition) is 1. The van der Waals surface area contributed by atoms with E-state index in [1.807, 2.05) is 12.1 Å². The van der Waals surface area contributed by atoms with Crippen LogP contribution < -0.4 is 0 Å². The van der Waals surface area contributed by atoms with Crippen molar-refractivity contribution in [3.05, 3.63) is 35.6 Å². The maximum atomic E-state index is 13.4. The first-order valence-corrected chi connectivity index (χ1v) is 5.88. The molecule has 1 heterocycles. The van der Waals surface area contributed by atoms with Gasteiger partial charge in [-0.3, -0.25) is 4.90 Å². The third-order valence-electron chi connectivity index (χ3n) is 3.01. The van der Waals surface area contributed by atoms with E-state index in [1.54, 1.807) is 6.07 Å². The summed E-state index contributed by atoms with van der Waals surface area (Å²) in [6.07, 6.45) is 2.31. The molecule has 1 unspecified atom stereocenters. The van der Waals surface area contributed by atoms with Crippen molar-refractivity contribution in [1.82, 2.24) is 4.90 Å². The van der Waals surface area contributed by atoms with Gasteiger partial charge in [0.05, 0.1) is 0 Å². The molecule has 1 aromatic rings. The van der Waals surface area contributed by atoms with Crippen molar-refractivity contribution in [3.8, 4) is 0 Å². The molecule has 0 aromatic heterocycles. The van der Waals surface area contributed by atoms with E-state index in [9.17, 15) is 4.39 Å². The molecule has 0 bridgehead atoms. The fraction of sp³-hybridized carbons (Fsp3) is 0.500. The minimum Gasteiger partial charge on any atom is -0.295 e. The summed E-state index contributed by atoms with van der Waals surface area (Å²) in [5, 5.41) is 0. The molecule has 1 fully saturated rings. The lowest BCUT2D eigenvalue weighted by Crippen LogP contribution is -2.30. The van der Waals surface area contributed by atoms with E-state index in [-0.39, 0.29) is 5.82 Å². The van der Waals surface area contributed by atoms with Gasteiger partial charge in [0, 0.05) is 24.0 Å². The summed E-state index contributed by atoms with van der Waals surface area (Å²) in [5.74, 6) is 0.534. The highest BCUT2D eigenvalue weighted by Gasteiger charge is 2.23. The first kappa shape index (κ1) is 10.9. The maximum absolute atomic E-state index is 13.4. The first-order chi connectivity index (χ1) is 7.31. The lowest BCUT2D eigenvalue weighted by atomic mass is 10.2. The predicted molar refractivity (Wildman–Crippen MR) is 60.6 cm³/mol. The molecule has 15 heavy (non-hydrogen) atoms. The zero-order valence-corrected chi connectivity index (χ0v) is 9.38. The summed E-state index contributed by atoms with van der Waals surface area (Å²) < 4.78 is 13.4. The van der Waals surface area contributed by atoms with E-state index in [1.165, 1.54) is 12.5 Å². The third kappa shape index (κ3) is 2.50. The fourth-order valence-corrected chi connectivity index (χ4v) is 2.47. The van der Waals surface area contributed by atoms with Crippen LogP contribution >= 0.6 is 11.6 Å². The second-order valence-corrected chi connectivity index (χ2v) is 4.32. The molecule has 0 amide bonds. The SMILES string of the molecule is Fc1ccccc1CN1CCCC1CCl. The van der Waals surface area contributed by atoms with Crippen molar-refractivity contribution in [2.45, 2.75) is 25.4 Å². The molecule has 2 rings (SSSR count). The number of likely N-dealkylation sites (tertiary alicyclic amines) is 1. The van der Waals surface area contributed by atoms with Gasteiger partial charge in [-0.05, 0) is 25.5 Å². The second-order valence-electron chi connectivity index (χ2n) is 4.01. The van der Waals surface area contributed by atoms with Crippen LogP contribution in [-0.4, -0.2) is 23.4 Å². The molecule has 0 aliphatic carbocycles. The number of halogens is 2. The highest BCUT2D eigenvalue weighted by atomic mass is 35.5. The minimum absolute atomic E-state index is 0.113. The molecule has 1 aliphatic heterocycles. The lowest BCUT2D eigenvalue weighted by molar-refractivity contribution is 0.259. The van der Waals surface area contributed by atoms with Crippen LogP contribution in [0.1, 0.15) is 18.4 Å². The summed E-state index contributed by atoms with van der Waals surface area (Å²) in [4.78, 5) is 2.27. The van der Waals surface area contributed by atoms with E-state index in [2.05, 4.69) is 4.90 Å². The van der Waals surface area contributed by atoms with E-state index in [0.29, 0.717) is 18.5 Å². The second kappa shape index (κ2) is 4.95. The van der Waals surface area contributed by atoms with Gasteiger partial charge in [-0.1, -0.05) is 18.2 Å². The van der Waals surface area contributed by atoms with Gasteiger partial charge in [0.25, 0.3) is 0 Å². The molecule has 82 valence electrons. The van der Waals surface area contributed by atoms with Crippen LogP contribution in [0.3, 0.4) is 0 Å². The Balaban J connectivity index is 2.05. The summed E-state index contributed by atoms with van der Waals surface area (Å²) in [7, 11) is 0. The van der Waals surface area contributed by atoms with Gasteiger partial charge in [-0.25, -0.2) is 4.39 Å². The Morgan fingerprint density at radius 1 is 1.40 bits per heavy atom. The molecule has 0 radical (unpaired) electrons. The fourth-order valence-electron chi connectivity index (χ4n) is 2.12. The highest BCUT2D eigenvalue weighted by Crippen LogP contribution is 2.21. The van der Waals surface area contributed by atoms with Crippen molar-refractivity contribution < 1.29 is 4.39 Å². The average molecular weight is 228 g/mol. The van der Waals surface area contributed by atoms with Gasteiger partial charge in [-0.2, -0.15) is 0 Å². The van der Waals surface area contributed by atoms with E-state index in [4.69, 9.17) is 11.6 Å². The molecule has 1 saturated heterocycles. The van der Waals surface area contributed by atoms with Crippen LogP contribution in [0, 0.1) is 5.82 Å². The summed E-state index contributed by atoms with van der Waals surface area (Å²) in [5.41, 5.74) is 0.773. The standard InChI is InChI=1S/C12H15ClFN/c13-8-11-5-3-7-15(11)9-10-4-1-2-6-12(10)14/h1-2,4,6,11H,3,5,7-9H2. The van der Waals surface area contributed by atoms with Crippen LogP contribution in [0.25, 0.3) is 0 Å². The largest absolute Gasteiger partial charge is 0.295 e. The third-order valence-corrected chi connectivity index (χ3v) is 3.36. The minimum atomic E-state index is -0.113. The molecular formula is C12H15ClFN. The normalized spacial score (nSPS) is 22.1. The number of hydrogen-bond donors (Lipinski definition) is 0. The molecule has 1 aliphatic rings. The Morgan fingerprint density at radius 2 is 2.20 bits per heavy atom. The first-order valence-electron chi connectivity index (χ1n) is 5.34. The number of benzene rings is 1. The monoisotopic (exact) mass is 227 g/mol. The molecular weight excluding hydrogens is 213 g/mol. The summed E-state index contributed by atoms with van der Waals surface area (Å²) in [6, 6.07) is 7.39. The molecule has 0 saturated carbocycles. The Hall–Kier alpha value is -0.600. The van der Waals surface area contributed by atoms with Crippen molar-refractivity contribution in [2.24, 2.45) is 0 Å². The zero-order valence-electron chi connectivity index (χ0n) is 8.63. The van der Waals surface area contributed by atoms with Crippen LogP contribution in [0.5, 0.6) is 0 Å². The van der Waals surface area contributed by atoms with Gasteiger partial charge in [0.1, 0.15) is 5.82 Å².